The van der Waals surface area contributed by atoms with Gasteiger partial charge in [-0.25, -0.2) is 9.78 Å². The summed E-state index contributed by atoms with van der Waals surface area (Å²) in [5.74, 6) is -0.617. The molecule has 3 N–H and O–H groups in total. The van der Waals surface area contributed by atoms with Crippen molar-refractivity contribution in [2.24, 2.45) is 0 Å². The number of hydrogen-bond donors (Lipinski definition) is 2. The van der Waals surface area contributed by atoms with Crippen LogP contribution in [0.4, 0.5) is 11.5 Å². The first kappa shape index (κ1) is 13.6. The second kappa shape index (κ2) is 5.41. The summed E-state index contributed by atoms with van der Waals surface area (Å²) in [5.41, 5.74) is 6.28. The summed E-state index contributed by atoms with van der Waals surface area (Å²) < 4.78 is 10.7. The number of anilines is 2. The molecule has 1 aromatic rings. The zero-order valence-corrected chi connectivity index (χ0v) is 10.9. The molecule has 104 valence electrons. The smallest absolute Gasteiger partial charge is 0.354 e. The van der Waals surface area contributed by atoms with E-state index in [4.69, 9.17) is 20.3 Å². The zero-order valence-electron chi connectivity index (χ0n) is 10.9. The first-order valence-corrected chi connectivity index (χ1v) is 5.87. The van der Waals surface area contributed by atoms with E-state index in [0.717, 1.165) is 0 Å². The van der Waals surface area contributed by atoms with Gasteiger partial charge >= 0.3 is 5.97 Å². The summed E-state index contributed by atoms with van der Waals surface area (Å²) in [6, 6.07) is 2.94. The molecule has 1 aliphatic rings. The van der Waals surface area contributed by atoms with E-state index < -0.39 is 5.97 Å². The minimum absolute atomic E-state index is 0.0287. The third-order valence-corrected chi connectivity index (χ3v) is 3.24. The Labute approximate surface area is 110 Å². The highest BCUT2D eigenvalue weighted by Crippen LogP contribution is 2.26. The fraction of sp³-hybridized carbons (Fsp3) is 0.500. The third-order valence-electron chi connectivity index (χ3n) is 3.24. The summed E-state index contributed by atoms with van der Waals surface area (Å²) in [6.07, 6.45) is -0.167. The number of carboxylic acid groups (broad SMARTS) is 1. The Bertz CT molecular complexity index is 468. The van der Waals surface area contributed by atoms with E-state index in [1.54, 1.807) is 20.3 Å². The van der Waals surface area contributed by atoms with Crippen LogP contribution in [0.5, 0.6) is 0 Å². The number of nitrogen functional groups attached to an aromatic ring is 1. The van der Waals surface area contributed by atoms with Crippen molar-refractivity contribution in [3.63, 3.8) is 0 Å². The minimum Gasteiger partial charge on any atom is -0.477 e. The number of aromatic nitrogens is 1. The van der Waals surface area contributed by atoms with Crippen LogP contribution in [-0.4, -0.2) is 55.6 Å². The average molecular weight is 267 g/mol. The molecule has 19 heavy (non-hydrogen) atoms. The molecule has 0 aromatic carbocycles. The van der Waals surface area contributed by atoms with Gasteiger partial charge in [-0.1, -0.05) is 0 Å². The Kier molecular flexibility index (Phi) is 3.87. The van der Waals surface area contributed by atoms with Crippen molar-refractivity contribution in [1.82, 2.24) is 4.98 Å². The second-order valence-corrected chi connectivity index (χ2v) is 4.37. The van der Waals surface area contributed by atoms with Gasteiger partial charge in [0, 0.05) is 27.3 Å². The van der Waals surface area contributed by atoms with E-state index in [-0.39, 0.29) is 17.9 Å². The van der Waals surface area contributed by atoms with Crippen LogP contribution < -0.4 is 10.6 Å². The summed E-state index contributed by atoms with van der Waals surface area (Å²) in [4.78, 5) is 16.9. The molecule has 1 aliphatic heterocycles. The number of aromatic carboxylic acids is 1. The Hall–Kier alpha value is -1.86. The number of hydrogen-bond acceptors (Lipinski definition) is 6. The Morgan fingerprint density at radius 2 is 1.95 bits per heavy atom. The standard InChI is InChI=1S/C12H17N3O4/c1-18-9-5-15(6-10(9)19-2)11-7(13)3-4-8(14-11)12(16)17/h3-4,9-10H,5-6,13H2,1-2H3,(H,16,17). The Morgan fingerprint density at radius 1 is 1.37 bits per heavy atom. The van der Waals surface area contributed by atoms with Crippen molar-refractivity contribution in [2.45, 2.75) is 12.2 Å². The monoisotopic (exact) mass is 267 g/mol. The molecule has 7 nitrogen and oxygen atoms in total. The molecule has 0 spiro atoms. The SMILES string of the molecule is COC1CN(c2nc(C(=O)O)ccc2N)CC1OC. The number of ether oxygens (including phenoxy) is 2. The molecule has 1 saturated heterocycles. The van der Waals surface area contributed by atoms with Gasteiger partial charge in [0.2, 0.25) is 0 Å². The lowest BCUT2D eigenvalue weighted by molar-refractivity contribution is -0.00461. The van der Waals surface area contributed by atoms with Gasteiger partial charge in [-0.3, -0.25) is 0 Å². The summed E-state index contributed by atoms with van der Waals surface area (Å²) in [5, 5.41) is 8.97. The van der Waals surface area contributed by atoms with E-state index in [0.29, 0.717) is 24.6 Å². The number of methoxy groups -OCH3 is 2. The predicted molar refractivity (Wildman–Crippen MR) is 69.4 cm³/mol. The van der Waals surface area contributed by atoms with E-state index >= 15 is 0 Å². The number of rotatable bonds is 4. The topological polar surface area (TPSA) is 97.9 Å². The maximum absolute atomic E-state index is 10.9. The maximum atomic E-state index is 10.9. The molecule has 0 amide bonds. The van der Waals surface area contributed by atoms with Crippen LogP contribution in [-0.2, 0) is 9.47 Å². The Morgan fingerprint density at radius 3 is 2.42 bits per heavy atom. The van der Waals surface area contributed by atoms with Crippen LogP contribution in [0.2, 0.25) is 0 Å². The van der Waals surface area contributed by atoms with Crippen LogP contribution in [0.3, 0.4) is 0 Å². The second-order valence-electron chi connectivity index (χ2n) is 4.37. The third kappa shape index (κ3) is 2.61. The fourth-order valence-corrected chi connectivity index (χ4v) is 2.20. The molecule has 2 atom stereocenters. The lowest BCUT2D eigenvalue weighted by Gasteiger charge is -2.19. The molecule has 0 radical (unpaired) electrons. The van der Waals surface area contributed by atoms with Gasteiger partial charge in [-0.15, -0.1) is 0 Å². The number of carboxylic acids is 1. The van der Waals surface area contributed by atoms with Gasteiger partial charge in [0.1, 0.15) is 12.2 Å². The zero-order chi connectivity index (χ0) is 14.0. The first-order chi connectivity index (χ1) is 9.06. The van der Waals surface area contributed by atoms with Crippen LogP contribution in [0.15, 0.2) is 12.1 Å². The van der Waals surface area contributed by atoms with Gasteiger partial charge in [0.15, 0.2) is 11.5 Å². The highest BCUT2D eigenvalue weighted by atomic mass is 16.5. The van der Waals surface area contributed by atoms with E-state index in [1.807, 2.05) is 4.90 Å². The summed E-state index contributed by atoms with van der Waals surface area (Å²) in [6.45, 7) is 1.13. The minimum atomic E-state index is -1.08. The Balaban J connectivity index is 2.27. The van der Waals surface area contributed by atoms with Gasteiger partial charge < -0.3 is 25.2 Å². The molecule has 1 fully saturated rings. The van der Waals surface area contributed by atoms with E-state index in [2.05, 4.69) is 4.98 Å². The summed E-state index contributed by atoms with van der Waals surface area (Å²) in [7, 11) is 3.23. The molecule has 0 saturated carbocycles. The highest BCUT2D eigenvalue weighted by molar-refractivity contribution is 5.87. The first-order valence-electron chi connectivity index (χ1n) is 5.87. The normalized spacial score (nSPS) is 22.7. The highest BCUT2D eigenvalue weighted by Gasteiger charge is 2.34. The molecule has 2 unspecified atom stereocenters. The molecule has 7 heteroatoms. The fourth-order valence-electron chi connectivity index (χ4n) is 2.20. The van der Waals surface area contributed by atoms with Crippen LogP contribution in [0.1, 0.15) is 10.5 Å². The van der Waals surface area contributed by atoms with Crippen molar-refractivity contribution in [1.29, 1.82) is 0 Å². The van der Waals surface area contributed by atoms with Gasteiger partial charge in [-0.05, 0) is 12.1 Å². The lowest BCUT2D eigenvalue weighted by Crippen LogP contribution is -2.27. The van der Waals surface area contributed by atoms with Gasteiger partial charge in [-0.2, -0.15) is 0 Å². The van der Waals surface area contributed by atoms with E-state index in [1.165, 1.54) is 6.07 Å². The molecule has 0 bridgehead atoms. The molecule has 1 aromatic heterocycles. The number of pyridine rings is 1. The largest absolute Gasteiger partial charge is 0.477 e. The maximum Gasteiger partial charge on any atom is 0.354 e. The number of nitrogens with zero attached hydrogens (tertiary/aromatic N) is 2. The average Bonchev–Trinajstić information content (AvgIpc) is 2.82. The van der Waals surface area contributed by atoms with Crippen molar-refractivity contribution in [3.8, 4) is 0 Å². The molecule has 2 rings (SSSR count). The van der Waals surface area contributed by atoms with Crippen molar-refractivity contribution in [2.75, 3.05) is 37.9 Å². The molecule has 2 heterocycles. The van der Waals surface area contributed by atoms with Gasteiger partial charge in [0.05, 0.1) is 5.69 Å². The lowest BCUT2D eigenvalue weighted by atomic mass is 10.3. The van der Waals surface area contributed by atoms with Crippen LogP contribution >= 0.6 is 0 Å². The van der Waals surface area contributed by atoms with Crippen LogP contribution in [0, 0.1) is 0 Å². The van der Waals surface area contributed by atoms with Crippen molar-refractivity contribution < 1.29 is 19.4 Å². The predicted octanol–water partition coefficient (Wildman–Crippen LogP) is 0.212. The van der Waals surface area contributed by atoms with E-state index in [9.17, 15) is 4.79 Å². The van der Waals surface area contributed by atoms with Crippen molar-refractivity contribution >= 4 is 17.5 Å². The van der Waals surface area contributed by atoms with Gasteiger partial charge in [0.25, 0.3) is 0 Å². The van der Waals surface area contributed by atoms with Crippen LogP contribution in [0.25, 0.3) is 0 Å². The number of nitrogens with two attached hydrogens (primary N) is 1. The molecular weight excluding hydrogens is 250 g/mol. The summed E-state index contributed by atoms with van der Waals surface area (Å²) >= 11 is 0. The molecule has 0 aliphatic carbocycles. The van der Waals surface area contributed by atoms with Crippen molar-refractivity contribution in [3.05, 3.63) is 17.8 Å². The number of carbonyl (C=O) groups is 1. The molecular formula is C12H17N3O4. The quantitative estimate of drug-likeness (QED) is 0.804.